The molecule has 0 amide bonds. The van der Waals surface area contributed by atoms with E-state index < -0.39 is 0 Å². The van der Waals surface area contributed by atoms with Crippen LogP contribution in [0.15, 0.2) is 46.9 Å². The Kier molecular flexibility index (Phi) is 4.65. The highest BCUT2D eigenvalue weighted by Gasteiger charge is 2.47. The maximum absolute atomic E-state index is 12.6. The van der Waals surface area contributed by atoms with Crippen LogP contribution in [0, 0.1) is 5.92 Å². The zero-order valence-electron chi connectivity index (χ0n) is 14.9. The Morgan fingerprint density at radius 1 is 1.00 bits per heavy atom. The lowest BCUT2D eigenvalue weighted by Crippen LogP contribution is -2.54. The zero-order chi connectivity index (χ0) is 18.3. The predicted molar refractivity (Wildman–Crippen MR) is 105 cm³/mol. The molecule has 1 aliphatic carbocycles. The van der Waals surface area contributed by atoms with Gasteiger partial charge in [-0.1, -0.05) is 28.1 Å². The number of Topliss-reactive ketones (excluding diaryl/α,β-unsaturated/α-hetero) is 1. The Balaban J connectivity index is 1.79. The monoisotopic (exact) mass is 415 g/mol. The molecule has 2 bridgehead atoms. The van der Waals surface area contributed by atoms with Crippen molar-refractivity contribution in [2.75, 3.05) is 19.1 Å². The third-order valence-electron chi connectivity index (χ3n) is 5.61. The van der Waals surface area contributed by atoms with E-state index in [9.17, 15) is 4.79 Å². The fourth-order valence-corrected chi connectivity index (χ4v) is 4.69. The molecule has 26 heavy (non-hydrogen) atoms. The molecular weight excluding hydrogens is 394 g/mol. The summed E-state index contributed by atoms with van der Waals surface area (Å²) in [5.74, 6) is 1.88. The molecule has 3 fully saturated rings. The summed E-state index contributed by atoms with van der Waals surface area (Å²) in [7, 11) is 3.30. The van der Waals surface area contributed by atoms with Crippen molar-refractivity contribution in [2.45, 2.75) is 31.3 Å². The van der Waals surface area contributed by atoms with Crippen LogP contribution in [0.25, 0.3) is 0 Å². The molecule has 3 atom stereocenters. The maximum Gasteiger partial charge on any atom is 0.162 e. The van der Waals surface area contributed by atoms with Crippen LogP contribution in [-0.2, 0) is 4.79 Å². The normalized spacial score (nSPS) is 24.7. The van der Waals surface area contributed by atoms with Gasteiger partial charge in [0.1, 0.15) is 5.78 Å². The van der Waals surface area contributed by atoms with Crippen LogP contribution in [-0.4, -0.2) is 26.0 Å². The number of nitrogens with zero attached hydrogens (tertiary/aromatic N) is 1. The standard InChI is InChI=1S/C21H22BrNO3/c1-25-19-10-8-16(12-20(19)26-2)23-15-7-9-17(18(24)11-15)21(23)13-3-5-14(22)6-4-13/h3-6,8,10,12,15,17,21H,7,9,11H2,1-2H3/t15-,17+,21+/m0/s1. The van der Waals surface area contributed by atoms with Crippen LogP contribution < -0.4 is 14.4 Å². The second kappa shape index (κ2) is 6.95. The molecule has 2 aromatic carbocycles. The lowest BCUT2D eigenvalue weighted by molar-refractivity contribution is -0.128. The highest BCUT2D eigenvalue weighted by molar-refractivity contribution is 9.10. The molecule has 2 heterocycles. The Morgan fingerprint density at radius 3 is 2.38 bits per heavy atom. The van der Waals surface area contributed by atoms with Gasteiger partial charge in [-0.2, -0.15) is 0 Å². The molecule has 2 aromatic rings. The molecule has 0 aromatic heterocycles. The van der Waals surface area contributed by atoms with Crippen molar-refractivity contribution in [1.29, 1.82) is 0 Å². The third kappa shape index (κ3) is 2.88. The number of anilines is 1. The van der Waals surface area contributed by atoms with Crippen LogP contribution in [0.1, 0.15) is 30.9 Å². The third-order valence-corrected chi connectivity index (χ3v) is 6.14. The van der Waals surface area contributed by atoms with Crippen molar-refractivity contribution in [1.82, 2.24) is 0 Å². The number of piperidine rings is 2. The minimum Gasteiger partial charge on any atom is -0.493 e. The van der Waals surface area contributed by atoms with Crippen LogP contribution in [0.5, 0.6) is 11.5 Å². The molecule has 3 aliphatic rings. The Morgan fingerprint density at radius 2 is 1.73 bits per heavy atom. The first kappa shape index (κ1) is 17.4. The minimum absolute atomic E-state index is 0.0503. The molecule has 4 nitrogen and oxygen atoms in total. The number of rotatable bonds is 4. The van der Waals surface area contributed by atoms with Crippen molar-refractivity contribution in [3.63, 3.8) is 0 Å². The predicted octanol–water partition coefficient (Wildman–Crippen LogP) is 4.77. The number of fused-ring (bicyclic) bond motifs is 3. The molecule has 0 unspecified atom stereocenters. The van der Waals surface area contributed by atoms with Gasteiger partial charge < -0.3 is 14.4 Å². The summed E-state index contributed by atoms with van der Waals surface area (Å²) in [6.07, 6.45) is 2.65. The molecule has 2 saturated heterocycles. The fraction of sp³-hybridized carbons (Fsp3) is 0.381. The van der Waals surface area contributed by atoms with Crippen LogP contribution in [0.3, 0.4) is 0 Å². The van der Waals surface area contributed by atoms with Gasteiger partial charge in [-0.25, -0.2) is 0 Å². The number of methoxy groups -OCH3 is 2. The van der Waals surface area contributed by atoms with E-state index in [-0.39, 0.29) is 18.0 Å². The average molecular weight is 416 g/mol. The minimum atomic E-state index is 0.0503. The largest absolute Gasteiger partial charge is 0.493 e. The Bertz CT molecular complexity index is 821. The van der Waals surface area contributed by atoms with Gasteiger partial charge in [-0.05, 0) is 42.7 Å². The summed E-state index contributed by atoms with van der Waals surface area (Å²) in [5.41, 5.74) is 2.27. The first-order valence-corrected chi connectivity index (χ1v) is 9.70. The van der Waals surface area contributed by atoms with Crippen molar-refractivity contribution in [2.24, 2.45) is 5.92 Å². The Hall–Kier alpha value is -2.01. The highest BCUT2D eigenvalue weighted by atomic mass is 79.9. The van der Waals surface area contributed by atoms with Crippen molar-refractivity contribution in [3.8, 4) is 11.5 Å². The molecule has 136 valence electrons. The number of hydrogen-bond acceptors (Lipinski definition) is 4. The van der Waals surface area contributed by atoms with E-state index in [1.54, 1.807) is 14.2 Å². The summed E-state index contributed by atoms with van der Waals surface area (Å²) in [6, 6.07) is 14.7. The fourth-order valence-electron chi connectivity index (χ4n) is 4.42. The van der Waals surface area contributed by atoms with Crippen LogP contribution in [0.2, 0.25) is 0 Å². The lowest BCUT2D eigenvalue weighted by Gasteiger charge is -2.52. The van der Waals surface area contributed by atoms with E-state index in [1.165, 1.54) is 5.56 Å². The number of carbonyl (C=O) groups is 1. The van der Waals surface area contributed by atoms with Gasteiger partial charge in [-0.15, -0.1) is 0 Å². The van der Waals surface area contributed by atoms with Gasteiger partial charge >= 0.3 is 0 Å². The summed E-state index contributed by atoms with van der Waals surface area (Å²) < 4.78 is 11.9. The van der Waals surface area contributed by atoms with Gasteiger partial charge in [0.25, 0.3) is 0 Å². The number of halogens is 1. The highest BCUT2D eigenvalue weighted by Crippen LogP contribution is 2.49. The van der Waals surface area contributed by atoms with E-state index in [0.717, 1.165) is 28.8 Å². The van der Waals surface area contributed by atoms with Gasteiger partial charge in [0, 0.05) is 34.6 Å². The summed E-state index contributed by atoms with van der Waals surface area (Å²) in [5, 5.41) is 0. The topological polar surface area (TPSA) is 38.8 Å². The second-order valence-electron chi connectivity index (χ2n) is 6.95. The number of ketones is 1. The van der Waals surface area contributed by atoms with Crippen molar-refractivity contribution < 1.29 is 14.3 Å². The molecular formula is C21H22BrNO3. The number of benzene rings is 2. The van der Waals surface area contributed by atoms with E-state index in [4.69, 9.17) is 9.47 Å². The molecule has 0 spiro atoms. The van der Waals surface area contributed by atoms with Crippen LogP contribution >= 0.6 is 15.9 Å². The SMILES string of the molecule is COc1ccc(N2[C@H]3CC[C@H](C(=O)C3)[C@H]2c2ccc(Br)cc2)cc1OC. The molecule has 0 N–H and O–H groups in total. The molecule has 5 heteroatoms. The maximum atomic E-state index is 12.6. The van der Waals surface area contributed by atoms with Gasteiger partial charge in [-0.3, -0.25) is 4.79 Å². The van der Waals surface area contributed by atoms with Crippen LogP contribution in [0.4, 0.5) is 5.69 Å². The van der Waals surface area contributed by atoms with Crippen molar-refractivity contribution >= 4 is 27.4 Å². The first-order chi connectivity index (χ1) is 12.6. The molecule has 1 saturated carbocycles. The summed E-state index contributed by atoms with van der Waals surface area (Å²) in [6.45, 7) is 0. The summed E-state index contributed by atoms with van der Waals surface area (Å²) >= 11 is 3.51. The van der Waals surface area contributed by atoms with Gasteiger partial charge in [0.05, 0.1) is 20.3 Å². The molecule has 2 aliphatic heterocycles. The Labute approximate surface area is 162 Å². The first-order valence-electron chi connectivity index (χ1n) is 8.91. The number of carbonyl (C=O) groups excluding carboxylic acids is 1. The lowest BCUT2D eigenvalue weighted by atomic mass is 9.71. The van der Waals surface area contributed by atoms with Crippen molar-refractivity contribution in [3.05, 3.63) is 52.5 Å². The zero-order valence-corrected chi connectivity index (χ0v) is 16.5. The van der Waals surface area contributed by atoms with Gasteiger partial charge in [0.2, 0.25) is 0 Å². The van der Waals surface area contributed by atoms with E-state index in [0.29, 0.717) is 18.0 Å². The number of ether oxygens (including phenoxy) is 2. The smallest absolute Gasteiger partial charge is 0.162 e. The van der Waals surface area contributed by atoms with Gasteiger partial charge in [0.15, 0.2) is 11.5 Å². The summed E-state index contributed by atoms with van der Waals surface area (Å²) in [4.78, 5) is 15.0. The van der Waals surface area contributed by atoms with E-state index in [1.807, 2.05) is 12.1 Å². The average Bonchev–Trinajstić information content (AvgIpc) is 2.67. The molecule has 5 rings (SSSR count). The number of hydrogen-bond donors (Lipinski definition) is 0. The van der Waals surface area contributed by atoms with E-state index in [2.05, 4.69) is 51.2 Å². The quantitative estimate of drug-likeness (QED) is 0.720. The second-order valence-corrected chi connectivity index (χ2v) is 7.87. The molecule has 0 radical (unpaired) electrons. The van der Waals surface area contributed by atoms with E-state index >= 15 is 0 Å².